The van der Waals surface area contributed by atoms with Crippen molar-refractivity contribution in [3.63, 3.8) is 0 Å². The van der Waals surface area contributed by atoms with Crippen LogP contribution in [-0.2, 0) is 4.79 Å². The van der Waals surface area contributed by atoms with Gasteiger partial charge in [-0.25, -0.2) is 0 Å². The molecule has 3 aromatic rings. The van der Waals surface area contributed by atoms with E-state index in [1.54, 1.807) is 13.1 Å². The Kier molecular flexibility index (Phi) is 7.15. The summed E-state index contributed by atoms with van der Waals surface area (Å²) in [4.78, 5) is 44.0. The number of nitrogens with one attached hydrogen (secondary N) is 4. The van der Waals surface area contributed by atoms with Crippen molar-refractivity contribution in [3.05, 3.63) is 76.1 Å². The molecule has 0 radical (unpaired) electrons. The molecule has 196 valence electrons. The normalized spacial score (nSPS) is 16.0. The lowest BCUT2D eigenvalue weighted by Crippen LogP contribution is -2.33. The molecule has 2 aliphatic rings. The van der Waals surface area contributed by atoms with Crippen molar-refractivity contribution in [1.82, 2.24) is 20.5 Å². The molecule has 0 atom stereocenters. The molecule has 1 saturated heterocycles. The lowest BCUT2D eigenvalue weighted by molar-refractivity contribution is -0.110. The van der Waals surface area contributed by atoms with E-state index >= 15 is 0 Å². The summed E-state index contributed by atoms with van der Waals surface area (Å²) in [6, 6.07) is 13.0. The predicted octanol–water partition coefficient (Wildman–Crippen LogP) is 3.98. The van der Waals surface area contributed by atoms with Gasteiger partial charge in [0.2, 0.25) is 0 Å². The third-order valence-electron chi connectivity index (χ3n) is 7.39. The highest BCUT2D eigenvalue weighted by atomic mass is 16.2. The van der Waals surface area contributed by atoms with Crippen LogP contribution in [-0.4, -0.2) is 60.8 Å². The molecule has 8 heteroatoms. The van der Waals surface area contributed by atoms with Crippen molar-refractivity contribution >= 4 is 35.1 Å². The zero-order valence-electron chi connectivity index (χ0n) is 22.0. The van der Waals surface area contributed by atoms with E-state index in [0.29, 0.717) is 28.9 Å². The average Bonchev–Trinajstić information content (AvgIpc) is 3.62. The Balaban J connectivity index is 1.46. The molecule has 1 aromatic heterocycles. The summed E-state index contributed by atoms with van der Waals surface area (Å²) in [7, 11) is 1.60. The number of likely N-dealkylation sites (tertiary alicyclic amines) is 1. The van der Waals surface area contributed by atoms with Crippen LogP contribution in [0.25, 0.3) is 22.8 Å². The topological polar surface area (TPSA) is 106 Å². The zero-order valence-corrected chi connectivity index (χ0v) is 22.0. The molecule has 0 spiro atoms. The molecular weight excluding hydrogens is 478 g/mol. The van der Waals surface area contributed by atoms with Crippen LogP contribution in [0, 0.1) is 13.8 Å². The van der Waals surface area contributed by atoms with Crippen LogP contribution in [0.2, 0.25) is 0 Å². The number of carbonyl (C=O) groups is 3. The van der Waals surface area contributed by atoms with Crippen LogP contribution in [0.3, 0.4) is 0 Å². The third kappa shape index (κ3) is 4.87. The molecule has 2 aromatic carbocycles. The number of hydrogen-bond donors (Lipinski definition) is 4. The molecule has 3 heterocycles. The first-order chi connectivity index (χ1) is 18.4. The van der Waals surface area contributed by atoms with Crippen LogP contribution < -0.4 is 16.0 Å². The van der Waals surface area contributed by atoms with Gasteiger partial charge in [-0.05, 0) is 80.7 Å². The van der Waals surface area contributed by atoms with E-state index in [0.717, 1.165) is 53.3 Å². The van der Waals surface area contributed by atoms with Gasteiger partial charge in [0, 0.05) is 48.3 Å². The first kappa shape index (κ1) is 25.5. The van der Waals surface area contributed by atoms with E-state index in [4.69, 9.17) is 0 Å². The molecule has 0 bridgehead atoms. The van der Waals surface area contributed by atoms with Gasteiger partial charge < -0.3 is 25.8 Å². The summed E-state index contributed by atoms with van der Waals surface area (Å²) in [6.07, 6.45) is 4.26. The van der Waals surface area contributed by atoms with Gasteiger partial charge in [-0.15, -0.1) is 0 Å². The van der Waals surface area contributed by atoms with Gasteiger partial charge in [0.15, 0.2) is 0 Å². The Morgan fingerprint density at radius 2 is 1.82 bits per heavy atom. The lowest BCUT2D eigenvalue weighted by atomic mass is 9.93. The molecule has 0 unspecified atom stereocenters. The Bertz CT molecular complexity index is 1450. The van der Waals surface area contributed by atoms with E-state index in [1.165, 1.54) is 12.8 Å². The summed E-state index contributed by atoms with van der Waals surface area (Å²) in [5, 5.41) is 8.67. The number of anilines is 1. The number of nitrogens with zero attached hydrogens (tertiary/aromatic N) is 1. The largest absolute Gasteiger partial charge is 0.358 e. The highest BCUT2D eigenvalue weighted by Gasteiger charge is 2.28. The van der Waals surface area contributed by atoms with Gasteiger partial charge in [-0.2, -0.15) is 0 Å². The van der Waals surface area contributed by atoms with Crippen LogP contribution in [0.4, 0.5) is 5.69 Å². The number of fused-ring (bicyclic) bond motifs is 1. The maximum absolute atomic E-state index is 13.1. The summed E-state index contributed by atoms with van der Waals surface area (Å²) in [6.45, 7) is 7.43. The fourth-order valence-electron chi connectivity index (χ4n) is 5.43. The van der Waals surface area contributed by atoms with Crippen molar-refractivity contribution in [1.29, 1.82) is 0 Å². The number of benzene rings is 2. The standard InChI is InChI=1S/C30H33N5O3/c1-18-25(33-19(2)26(18)30(38)32-12-15-35-13-4-5-14-35)17-23-27-22(10-7-11-24(27)34-29(23)37)20-8-6-9-21(16-20)28(36)31-3/h6-11,16-17,33H,4-5,12-15H2,1-3H3,(H,31,36)(H,32,38)(H,34,37). The zero-order chi connectivity index (χ0) is 26.8. The number of aryl methyl sites for hydroxylation is 1. The van der Waals surface area contributed by atoms with Crippen molar-refractivity contribution in [2.24, 2.45) is 0 Å². The summed E-state index contributed by atoms with van der Waals surface area (Å²) < 4.78 is 0. The summed E-state index contributed by atoms with van der Waals surface area (Å²) in [5.41, 5.74) is 7.11. The molecule has 0 saturated carbocycles. The van der Waals surface area contributed by atoms with E-state index in [2.05, 4.69) is 25.8 Å². The van der Waals surface area contributed by atoms with Gasteiger partial charge in [-0.3, -0.25) is 14.4 Å². The van der Waals surface area contributed by atoms with Gasteiger partial charge >= 0.3 is 0 Å². The van der Waals surface area contributed by atoms with Crippen LogP contribution >= 0.6 is 0 Å². The second kappa shape index (κ2) is 10.7. The molecular formula is C30H33N5O3. The molecule has 5 rings (SSSR count). The van der Waals surface area contributed by atoms with Crippen molar-refractivity contribution in [2.75, 3.05) is 38.5 Å². The highest BCUT2D eigenvalue weighted by Crippen LogP contribution is 2.41. The highest BCUT2D eigenvalue weighted by molar-refractivity contribution is 6.36. The van der Waals surface area contributed by atoms with E-state index < -0.39 is 0 Å². The van der Waals surface area contributed by atoms with Crippen LogP contribution in [0.5, 0.6) is 0 Å². The molecule has 4 N–H and O–H groups in total. The van der Waals surface area contributed by atoms with Crippen molar-refractivity contribution in [3.8, 4) is 11.1 Å². The van der Waals surface area contributed by atoms with Gasteiger partial charge in [-0.1, -0.05) is 24.3 Å². The van der Waals surface area contributed by atoms with E-state index in [9.17, 15) is 14.4 Å². The number of aromatic amines is 1. The minimum Gasteiger partial charge on any atom is -0.358 e. The van der Waals surface area contributed by atoms with Crippen LogP contribution in [0.15, 0.2) is 42.5 Å². The summed E-state index contributed by atoms with van der Waals surface area (Å²) >= 11 is 0. The minimum absolute atomic E-state index is 0.108. The number of hydrogen-bond acceptors (Lipinski definition) is 4. The van der Waals surface area contributed by atoms with E-state index in [1.807, 2.05) is 56.3 Å². The Morgan fingerprint density at radius 3 is 2.58 bits per heavy atom. The van der Waals surface area contributed by atoms with Gasteiger partial charge in [0.25, 0.3) is 17.7 Å². The van der Waals surface area contributed by atoms with E-state index in [-0.39, 0.29) is 17.7 Å². The SMILES string of the molecule is CNC(=O)c1cccc(-c2cccc3c2C(=Cc2[nH]c(C)c(C(=O)NCCN4CCCC4)c2C)C(=O)N3)c1. The third-order valence-corrected chi connectivity index (χ3v) is 7.39. The number of H-pyrrole nitrogens is 1. The first-order valence-electron chi connectivity index (χ1n) is 13.1. The quantitative estimate of drug-likeness (QED) is 0.360. The molecule has 0 aliphatic carbocycles. The maximum atomic E-state index is 13.1. The predicted molar refractivity (Wildman–Crippen MR) is 150 cm³/mol. The lowest BCUT2D eigenvalue weighted by Gasteiger charge is -2.14. The minimum atomic E-state index is -0.210. The van der Waals surface area contributed by atoms with Gasteiger partial charge in [0.05, 0.1) is 11.1 Å². The summed E-state index contributed by atoms with van der Waals surface area (Å²) in [5.74, 6) is -0.491. The van der Waals surface area contributed by atoms with Crippen molar-refractivity contribution in [2.45, 2.75) is 26.7 Å². The molecule has 38 heavy (non-hydrogen) atoms. The van der Waals surface area contributed by atoms with Crippen molar-refractivity contribution < 1.29 is 14.4 Å². The average molecular weight is 512 g/mol. The Morgan fingerprint density at radius 1 is 1.05 bits per heavy atom. The fourth-order valence-corrected chi connectivity index (χ4v) is 5.43. The first-order valence-corrected chi connectivity index (χ1v) is 13.1. The fraction of sp³-hybridized carbons (Fsp3) is 0.300. The number of rotatable bonds is 7. The molecule has 1 fully saturated rings. The Labute approximate surface area is 222 Å². The second-order valence-electron chi connectivity index (χ2n) is 9.87. The second-order valence-corrected chi connectivity index (χ2v) is 9.87. The Hall–Kier alpha value is -4.17. The number of aromatic nitrogens is 1. The van der Waals surface area contributed by atoms with Crippen LogP contribution in [0.1, 0.15) is 56.1 Å². The smallest absolute Gasteiger partial charge is 0.256 e. The molecule has 2 aliphatic heterocycles. The maximum Gasteiger partial charge on any atom is 0.256 e. The monoisotopic (exact) mass is 511 g/mol. The molecule has 3 amide bonds. The van der Waals surface area contributed by atoms with Gasteiger partial charge in [0.1, 0.15) is 0 Å². The number of amides is 3. The number of carbonyl (C=O) groups excluding carboxylic acids is 3. The molecule has 8 nitrogen and oxygen atoms in total.